The van der Waals surface area contributed by atoms with Gasteiger partial charge in [0.05, 0.1) is 5.02 Å². The summed E-state index contributed by atoms with van der Waals surface area (Å²) in [6.45, 7) is 0. The molecule has 0 spiro atoms. The van der Waals surface area contributed by atoms with Gasteiger partial charge in [-0.3, -0.25) is 4.40 Å². The van der Waals surface area contributed by atoms with Crippen LogP contribution in [0.2, 0.25) is 10.0 Å². The SMILES string of the molecule is Nc1c(-c2cccc(Cl)c2)nc2ccc(Cl)cn12. The highest BCUT2D eigenvalue weighted by atomic mass is 35.5. The fraction of sp³-hybridized carbons (Fsp3) is 0. The number of halogens is 2. The monoisotopic (exact) mass is 277 g/mol. The molecule has 90 valence electrons. The molecule has 0 unspecified atom stereocenters. The third-order valence-electron chi connectivity index (χ3n) is 2.72. The van der Waals surface area contributed by atoms with Crippen LogP contribution >= 0.6 is 23.2 Å². The molecule has 0 aliphatic heterocycles. The summed E-state index contributed by atoms with van der Waals surface area (Å²) >= 11 is 11.9. The summed E-state index contributed by atoms with van der Waals surface area (Å²) in [5, 5.41) is 1.27. The van der Waals surface area contributed by atoms with Gasteiger partial charge in [0.25, 0.3) is 0 Å². The van der Waals surface area contributed by atoms with Crippen LogP contribution in [0.3, 0.4) is 0 Å². The van der Waals surface area contributed by atoms with E-state index in [9.17, 15) is 0 Å². The Morgan fingerprint density at radius 3 is 2.67 bits per heavy atom. The lowest BCUT2D eigenvalue weighted by Gasteiger charge is -2.00. The van der Waals surface area contributed by atoms with Crippen LogP contribution in [0.25, 0.3) is 16.9 Å². The number of nitrogens with zero attached hydrogens (tertiary/aromatic N) is 2. The minimum absolute atomic E-state index is 0.551. The van der Waals surface area contributed by atoms with Crippen LogP contribution in [0.15, 0.2) is 42.6 Å². The minimum Gasteiger partial charge on any atom is -0.383 e. The van der Waals surface area contributed by atoms with Crippen LogP contribution in [0.5, 0.6) is 0 Å². The van der Waals surface area contributed by atoms with Crippen molar-refractivity contribution < 1.29 is 0 Å². The van der Waals surface area contributed by atoms with Gasteiger partial charge < -0.3 is 5.73 Å². The van der Waals surface area contributed by atoms with E-state index < -0.39 is 0 Å². The molecule has 0 aliphatic rings. The van der Waals surface area contributed by atoms with E-state index in [2.05, 4.69) is 4.98 Å². The molecule has 0 bridgehead atoms. The molecule has 2 aromatic heterocycles. The maximum Gasteiger partial charge on any atom is 0.139 e. The minimum atomic E-state index is 0.551. The maximum absolute atomic E-state index is 6.09. The number of fused-ring (bicyclic) bond motifs is 1. The van der Waals surface area contributed by atoms with Crippen LogP contribution in [0.4, 0.5) is 5.82 Å². The Balaban J connectivity index is 2.27. The van der Waals surface area contributed by atoms with Crippen molar-refractivity contribution in [2.24, 2.45) is 0 Å². The van der Waals surface area contributed by atoms with Gasteiger partial charge in [-0.25, -0.2) is 4.98 Å². The van der Waals surface area contributed by atoms with Crippen molar-refractivity contribution in [3.63, 3.8) is 0 Å². The number of hydrogen-bond donors (Lipinski definition) is 1. The number of pyridine rings is 1. The second-order valence-electron chi connectivity index (χ2n) is 3.93. The number of nitrogen functional groups attached to an aromatic ring is 1. The number of benzene rings is 1. The second kappa shape index (κ2) is 4.19. The maximum atomic E-state index is 6.09. The molecule has 0 saturated carbocycles. The Bertz CT molecular complexity index is 734. The highest BCUT2D eigenvalue weighted by molar-refractivity contribution is 6.31. The zero-order valence-corrected chi connectivity index (χ0v) is 10.8. The molecular formula is C13H9Cl2N3. The quantitative estimate of drug-likeness (QED) is 0.733. The predicted octanol–water partition coefficient (Wildman–Crippen LogP) is 3.89. The number of nitrogens with two attached hydrogens (primary N) is 1. The summed E-state index contributed by atoms with van der Waals surface area (Å²) in [6, 6.07) is 11.0. The van der Waals surface area contributed by atoms with Crippen LogP contribution in [-0.2, 0) is 0 Å². The van der Waals surface area contributed by atoms with Gasteiger partial charge >= 0.3 is 0 Å². The normalized spacial score (nSPS) is 11.0. The molecule has 2 N–H and O–H groups in total. The fourth-order valence-corrected chi connectivity index (χ4v) is 2.24. The lowest BCUT2D eigenvalue weighted by molar-refractivity contribution is 1.20. The molecule has 0 atom stereocenters. The smallest absolute Gasteiger partial charge is 0.139 e. The zero-order chi connectivity index (χ0) is 12.7. The summed E-state index contributed by atoms with van der Waals surface area (Å²) in [5.41, 5.74) is 8.44. The molecule has 0 saturated heterocycles. The Morgan fingerprint density at radius 1 is 1.06 bits per heavy atom. The van der Waals surface area contributed by atoms with E-state index in [1.165, 1.54) is 0 Å². The van der Waals surface area contributed by atoms with E-state index >= 15 is 0 Å². The van der Waals surface area contributed by atoms with Gasteiger partial charge in [-0.1, -0.05) is 35.3 Å². The molecule has 3 aromatic rings. The molecule has 3 rings (SSSR count). The Morgan fingerprint density at radius 2 is 1.89 bits per heavy atom. The molecule has 0 amide bonds. The number of aromatic nitrogens is 2. The number of rotatable bonds is 1. The topological polar surface area (TPSA) is 43.3 Å². The average Bonchev–Trinajstić information content (AvgIpc) is 2.67. The first-order chi connectivity index (χ1) is 8.65. The number of anilines is 1. The van der Waals surface area contributed by atoms with Gasteiger partial charge in [0.2, 0.25) is 0 Å². The van der Waals surface area contributed by atoms with E-state index in [4.69, 9.17) is 28.9 Å². The Labute approximate surface area is 114 Å². The molecule has 0 aliphatic carbocycles. The van der Waals surface area contributed by atoms with E-state index in [1.807, 2.05) is 30.3 Å². The van der Waals surface area contributed by atoms with Crippen LogP contribution in [0, 0.1) is 0 Å². The summed E-state index contributed by atoms with van der Waals surface area (Å²) in [6.07, 6.45) is 1.74. The first kappa shape index (κ1) is 11.4. The largest absolute Gasteiger partial charge is 0.383 e. The van der Waals surface area contributed by atoms with Crippen molar-refractivity contribution >= 4 is 34.7 Å². The molecular weight excluding hydrogens is 269 g/mol. The van der Waals surface area contributed by atoms with Crippen molar-refractivity contribution in [2.75, 3.05) is 5.73 Å². The number of hydrogen-bond acceptors (Lipinski definition) is 2. The van der Waals surface area contributed by atoms with Gasteiger partial charge in [0.15, 0.2) is 0 Å². The fourth-order valence-electron chi connectivity index (χ4n) is 1.89. The van der Waals surface area contributed by atoms with Gasteiger partial charge in [-0.05, 0) is 24.3 Å². The Kier molecular flexibility index (Phi) is 2.65. The van der Waals surface area contributed by atoms with E-state index in [0.717, 1.165) is 11.2 Å². The van der Waals surface area contributed by atoms with Crippen LogP contribution in [-0.4, -0.2) is 9.38 Å². The lowest BCUT2D eigenvalue weighted by Crippen LogP contribution is -1.93. The molecule has 1 aromatic carbocycles. The van der Waals surface area contributed by atoms with Crippen molar-refractivity contribution in [3.8, 4) is 11.3 Å². The zero-order valence-electron chi connectivity index (χ0n) is 9.27. The summed E-state index contributed by atoms with van der Waals surface area (Å²) in [5.74, 6) is 0.551. The number of imidazole rings is 1. The summed E-state index contributed by atoms with van der Waals surface area (Å²) < 4.78 is 1.76. The highest BCUT2D eigenvalue weighted by Crippen LogP contribution is 2.28. The van der Waals surface area contributed by atoms with Gasteiger partial charge in [0, 0.05) is 16.8 Å². The van der Waals surface area contributed by atoms with Gasteiger partial charge in [-0.15, -0.1) is 0 Å². The molecule has 3 nitrogen and oxygen atoms in total. The first-order valence-electron chi connectivity index (χ1n) is 5.34. The van der Waals surface area contributed by atoms with Gasteiger partial charge in [0.1, 0.15) is 17.2 Å². The molecule has 2 heterocycles. The van der Waals surface area contributed by atoms with Crippen molar-refractivity contribution in [1.82, 2.24) is 9.38 Å². The standard InChI is InChI=1S/C13H9Cl2N3/c14-9-3-1-2-8(6-9)12-13(16)18-7-10(15)4-5-11(18)17-12/h1-7H,16H2. The first-order valence-corrected chi connectivity index (χ1v) is 6.10. The van der Waals surface area contributed by atoms with Crippen molar-refractivity contribution in [1.29, 1.82) is 0 Å². The van der Waals surface area contributed by atoms with E-state index in [1.54, 1.807) is 16.7 Å². The predicted molar refractivity (Wildman–Crippen MR) is 75.1 cm³/mol. The van der Waals surface area contributed by atoms with Crippen LogP contribution < -0.4 is 5.73 Å². The van der Waals surface area contributed by atoms with Crippen LogP contribution in [0.1, 0.15) is 0 Å². The van der Waals surface area contributed by atoms with E-state index in [-0.39, 0.29) is 0 Å². The second-order valence-corrected chi connectivity index (χ2v) is 4.80. The molecule has 0 fully saturated rings. The lowest BCUT2D eigenvalue weighted by atomic mass is 10.1. The summed E-state index contributed by atoms with van der Waals surface area (Å²) in [4.78, 5) is 4.49. The van der Waals surface area contributed by atoms with Crippen molar-refractivity contribution in [2.45, 2.75) is 0 Å². The van der Waals surface area contributed by atoms with Gasteiger partial charge in [-0.2, -0.15) is 0 Å². The third-order valence-corrected chi connectivity index (χ3v) is 3.18. The third kappa shape index (κ3) is 1.82. The van der Waals surface area contributed by atoms with Crippen molar-refractivity contribution in [3.05, 3.63) is 52.6 Å². The average molecular weight is 278 g/mol. The Hall–Kier alpha value is -1.71. The summed E-state index contributed by atoms with van der Waals surface area (Å²) in [7, 11) is 0. The highest BCUT2D eigenvalue weighted by Gasteiger charge is 2.11. The molecule has 5 heteroatoms. The molecule has 0 radical (unpaired) electrons. The van der Waals surface area contributed by atoms with E-state index in [0.29, 0.717) is 21.6 Å². The molecule has 18 heavy (non-hydrogen) atoms.